The van der Waals surface area contributed by atoms with Crippen LogP contribution in [0.1, 0.15) is 31.9 Å². The Labute approximate surface area is 87.5 Å². The molecular weight excluding hydrogens is 170 g/mol. The molecule has 1 aromatic carbocycles. The van der Waals surface area contributed by atoms with E-state index in [-0.39, 0.29) is 5.41 Å². The van der Waals surface area contributed by atoms with Gasteiger partial charge in [-0.1, -0.05) is 45.0 Å². The Morgan fingerprint density at radius 2 is 1.79 bits per heavy atom. The quantitative estimate of drug-likeness (QED) is 0.774. The first-order valence-electron chi connectivity index (χ1n) is 5.28. The van der Waals surface area contributed by atoms with Crippen LogP contribution in [0.15, 0.2) is 24.3 Å². The van der Waals surface area contributed by atoms with E-state index < -0.39 is 0 Å². The summed E-state index contributed by atoms with van der Waals surface area (Å²) in [4.78, 5) is 0. The molecule has 0 aliphatic heterocycles. The number of hydrogen-bond donors (Lipinski definition) is 1. The lowest BCUT2D eigenvalue weighted by Gasteiger charge is -2.22. The van der Waals surface area contributed by atoms with Gasteiger partial charge < -0.3 is 5.32 Å². The predicted molar refractivity (Wildman–Crippen MR) is 62.8 cm³/mol. The van der Waals surface area contributed by atoms with E-state index in [1.165, 1.54) is 11.1 Å². The average Bonchev–Trinajstić information content (AvgIpc) is 2.14. The topological polar surface area (TPSA) is 12.0 Å². The number of nitrogens with one attached hydrogen (secondary N) is 1. The largest absolute Gasteiger partial charge is 0.319 e. The van der Waals surface area contributed by atoms with E-state index in [4.69, 9.17) is 0 Å². The first-order chi connectivity index (χ1) is 6.55. The SMILES string of the molecule is CNCCc1ccccc1C(C)(C)C. The molecule has 0 heterocycles. The van der Waals surface area contributed by atoms with E-state index in [1.54, 1.807) is 0 Å². The molecule has 0 fully saturated rings. The maximum atomic E-state index is 3.19. The number of likely N-dealkylation sites (N-methyl/N-ethyl adjacent to an activating group) is 1. The van der Waals surface area contributed by atoms with Crippen molar-refractivity contribution in [3.8, 4) is 0 Å². The van der Waals surface area contributed by atoms with Gasteiger partial charge >= 0.3 is 0 Å². The van der Waals surface area contributed by atoms with Crippen molar-refractivity contribution in [1.82, 2.24) is 5.32 Å². The minimum Gasteiger partial charge on any atom is -0.319 e. The summed E-state index contributed by atoms with van der Waals surface area (Å²) in [5.41, 5.74) is 3.19. The monoisotopic (exact) mass is 191 g/mol. The van der Waals surface area contributed by atoms with Gasteiger partial charge in [-0.25, -0.2) is 0 Å². The van der Waals surface area contributed by atoms with E-state index in [2.05, 4.69) is 50.4 Å². The lowest BCUT2D eigenvalue weighted by molar-refractivity contribution is 0.580. The van der Waals surface area contributed by atoms with E-state index in [0.29, 0.717) is 0 Å². The number of benzene rings is 1. The second-order valence-electron chi connectivity index (χ2n) is 4.76. The molecule has 0 aromatic heterocycles. The van der Waals surface area contributed by atoms with Crippen LogP contribution >= 0.6 is 0 Å². The molecule has 0 amide bonds. The van der Waals surface area contributed by atoms with Crippen molar-refractivity contribution in [2.45, 2.75) is 32.6 Å². The van der Waals surface area contributed by atoms with Crippen molar-refractivity contribution in [3.05, 3.63) is 35.4 Å². The molecule has 1 aromatic rings. The highest BCUT2D eigenvalue weighted by Crippen LogP contribution is 2.25. The van der Waals surface area contributed by atoms with Crippen LogP contribution in [0, 0.1) is 0 Å². The lowest BCUT2D eigenvalue weighted by atomic mass is 9.83. The molecule has 0 saturated heterocycles. The molecule has 1 nitrogen and oxygen atoms in total. The van der Waals surface area contributed by atoms with Gasteiger partial charge in [-0.15, -0.1) is 0 Å². The van der Waals surface area contributed by atoms with Gasteiger partial charge in [-0.2, -0.15) is 0 Å². The Kier molecular flexibility index (Phi) is 3.70. The van der Waals surface area contributed by atoms with Crippen LogP contribution in [0.3, 0.4) is 0 Å². The molecule has 0 atom stereocenters. The summed E-state index contributed by atoms with van der Waals surface area (Å²) in [5.74, 6) is 0. The van der Waals surface area contributed by atoms with E-state index in [9.17, 15) is 0 Å². The zero-order valence-electron chi connectivity index (χ0n) is 9.72. The predicted octanol–water partition coefficient (Wildman–Crippen LogP) is 2.75. The summed E-state index contributed by atoms with van der Waals surface area (Å²) >= 11 is 0. The van der Waals surface area contributed by atoms with Crippen molar-refractivity contribution >= 4 is 0 Å². The highest BCUT2D eigenvalue weighted by Gasteiger charge is 2.16. The Balaban J connectivity index is 2.92. The molecule has 0 aliphatic carbocycles. The van der Waals surface area contributed by atoms with Gasteiger partial charge in [0.1, 0.15) is 0 Å². The standard InChI is InChI=1S/C13H21N/c1-13(2,3)12-8-6-5-7-11(12)9-10-14-4/h5-8,14H,9-10H2,1-4H3. The second-order valence-corrected chi connectivity index (χ2v) is 4.76. The van der Waals surface area contributed by atoms with Crippen molar-refractivity contribution in [1.29, 1.82) is 0 Å². The normalized spacial score (nSPS) is 11.7. The molecule has 1 N–H and O–H groups in total. The van der Waals surface area contributed by atoms with Gasteiger partial charge in [0, 0.05) is 0 Å². The smallest absolute Gasteiger partial charge is 0.00113 e. The van der Waals surface area contributed by atoms with Crippen LogP contribution in [0.2, 0.25) is 0 Å². The fraction of sp³-hybridized carbons (Fsp3) is 0.538. The first-order valence-corrected chi connectivity index (χ1v) is 5.28. The van der Waals surface area contributed by atoms with Crippen molar-refractivity contribution in [2.75, 3.05) is 13.6 Å². The van der Waals surface area contributed by atoms with Gasteiger partial charge in [0.15, 0.2) is 0 Å². The third-order valence-corrected chi connectivity index (χ3v) is 2.47. The van der Waals surface area contributed by atoms with Crippen LogP contribution < -0.4 is 5.32 Å². The van der Waals surface area contributed by atoms with Gasteiger partial charge in [0.2, 0.25) is 0 Å². The van der Waals surface area contributed by atoms with E-state index in [1.807, 2.05) is 7.05 Å². The van der Waals surface area contributed by atoms with Crippen LogP contribution in [0.4, 0.5) is 0 Å². The summed E-state index contributed by atoms with van der Waals surface area (Å²) in [6.07, 6.45) is 1.12. The van der Waals surface area contributed by atoms with Gasteiger partial charge in [0.25, 0.3) is 0 Å². The minimum absolute atomic E-state index is 0.254. The molecule has 0 saturated carbocycles. The van der Waals surface area contributed by atoms with Crippen molar-refractivity contribution < 1.29 is 0 Å². The zero-order valence-corrected chi connectivity index (χ0v) is 9.72. The molecule has 0 spiro atoms. The maximum Gasteiger partial charge on any atom is -0.00113 e. The maximum absolute atomic E-state index is 3.19. The van der Waals surface area contributed by atoms with Gasteiger partial charge in [-0.3, -0.25) is 0 Å². The van der Waals surface area contributed by atoms with Crippen LogP contribution in [0.5, 0.6) is 0 Å². The molecule has 1 rings (SSSR count). The summed E-state index contributed by atoms with van der Waals surface area (Å²) in [5, 5.41) is 3.19. The van der Waals surface area contributed by atoms with Crippen molar-refractivity contribution in [3.63, 3.8) is 0 Å². The van der Waals surface area contributed by atoms with Gasteiger partial charge in [0.05, 0.1) is 0 Å². The van der Waals surface area contributed by atoms with Crippen molar-refractivity contribution in [2.24, 2.45) is 0 Å². The molecular formula is C13H21N. The molecule has 14 heavy (non-hydrogen) atoms. The molecule has 0 bridgehead atoms. The first kappa shape index (κ1) is 11.3. The Hall–Kier alpha value is -0.820. The Bertz CT molecular complexity index is 284. The third-order valence-electron chi connectivity index (χ3n) is 2.47. The summed E-state index contributed by atoms with van der Waals surface area (Å²) in [6, 6.07) is 8.73. The lowest BCUT2D eigenvalue weighted by Crippen LogP contribution is -2.17. The molecule has 0 aliphatic rings. The average molecular weight is 191 g/mol. The Morgan fingerprint density at radius 3 is 2.36 bits per heavy atom. The third kappa shape index (κ3) is 2.85. The van der Waals surface area contributed by atoms with E-state index >= 15 is 0 Å². The van der Waals surface area contributed by atoms with Crippen LogP contribution in [-0.4, -0.2) is 13.6 Å². The summed E-state index contributed by atoms with van der Waals surface area (Å²) < 4.78 is 0. The molecule has 1 heteroatoms. The summed E-state index contributed by atoms with van der Waals surface area (Å²) in [7, 11) is 2.00. The van der Waals surface area contributed by atoms with Crippen LogP contribution in [-0.2, 0) is 11.8 Å². The van der Waals surface area contributed by atoms with Crippen LogP contribution in [0.25, 0.3) is 0 Å². The fourth-order valence-corrected chi connectivity index (χ4v) is 1.73. The zero-order chi connectivity index (χ0) is 10.6. The number of hydrogen-bond acceptors (Lipinski definition) is 1. The highest BCUT2D eigenvalue weighted by molar-refractivity contribution is 5.32. The molecule has 0 radical (unpaired) electrons. The Morgan fingerprint density at radius 1 is 1.14 bits per heavy atom. The second kappa shape index (κ2) is 4.61. The summed E-state index contributed by atoms with van der Waals surface area (Å²) in [6.45, 7) is 7.86. The minimum atomic E-state index is 0.254. The number of rotatable bonds is 3. The van der Waals surface area contributed by atoms with Gasteiger partial charge in [-0.05, 0) is 36.6 Å². The molecule has 0 unspecified atom stereocenters. The van der Waals surface area contributed by atoms with E-state index in [0.717, 1.165) is 13.0 Å². The highest BCUT2D eigenvalue weighted by atomic mass is 14.8. The fourth-order valence-electron chi connectivity index (χ4n) is 1.73. The molecule has 78 valence electrons.